The summed E-state index contributed by atoms with van der Waals surface area (Å²) in [6.45, 7) is 3.37. The first kappa shape index (κ1) is 33.4. The second-order valence-electron chi connectivity index (χ2n) is 12.3. The predicted octanol–water partition coefficient (Wildman–Crippen LogP) is 4.70. The molecule has 0 bridgehead atoms. The van der Waals surface area contributed by atoms with Gasteiger partial charge in [0.1, 0.15) is 18.0 Å². The lowest BCUT2D eigenvalue weighted by atomic mass is 9.63. The molecule has 13 heteroatoms. The van der Waals surface area contributed by atoms with Crippen molar-refractivity contribution in [2.75, 3.05) is 55.2 Å². The van der Waals surface area contributed by atoms with Crippen molar-refractivity contribution in [3.63, 3.8) is 0 Å². The average molecular weight is 667 g/mol. The fourth-order valence-electron chi connectivity index (χ4n) is 7.89. The van der Waals surface area contributed by atoms with Gasteiger partial charge in [-0.05, 0) is 67.9 Å². The number of nitrogens with zero attached hydrogens (tertiary/aromatic N) is 1. The van der Waals surface area contributed by atoms with Crippen molar-refractivity contribution < 1.29 is 52.3 Å². The van der Waals surface area contributed by atoms with Gasteiger partial charge in [0.2, 0.25) is 5.75 Å². The molecular weight excluding hydrogens is 624 g/mol. The maximum absolute atomic E-state index is 13.7. The number of aromatic nitrogens is 1. The van der Waals surface area contributed by atoms with Crippen LogP contribution in [0, 0.1) is 17.8 Å². The zero-order valence-corrected chi connectivity index (χ0v) is 28.0. The highest BCUT2D eigenvalue weighted by molar-refractivity contribution is 5.92. The van der Waals surface area contributed by atoms with Gasteiger partial charge < -0.3 is 42.9 Å². The van der Waals surface area contributed by atoms with Crippen LogP contribution in [0.1, 0.15) is 47.4 Å². The molecular formula is C35H42N2O11. The Kier molecular flexibility index (Phi) is 9.70. The number of rotatable bonds is 9. The Morgan fingerprint density at radius 1 is 0.958 bits per heavy atom. The first-order valence-electron chi connectivity index (χ1n) is 16.1. The smallest absolute Gasteiger partial charge is 0.497 e. The van der Waals surface area contributed by atoms with Gasteiger partial charge in [0.15, 0.2) is 11.5 Å². The fraction of sp³-hybridized carbons (Fsp3) is 0.514. The molecule has 1 saturated carbocycles. The van der Waals surface area contributed by atoms with E-state index in [0.29, 0.717) is 6.42 Å². The molecule has 1 N–H and O–H groups in total. The van der Waals surface area contributed by atoms with Gasteiger partial charge in [-0.3, -0.25) is 9.69 Å². The molecule has 2 aromatic carbocycles. The number of aromatic amines is 1. The summed E-state index contributed by atoms with van der Waals surface area (Å²) >= 11 is 0. The van der Waals surface area contributed by atoms with E-state index in [1.807, 2.05) is 12.1 Å². The SMILES string of the molecule is CCOC(=O)Oc1c(OC)cc(C(=O)O[C@@H]2C[C@@H]3CN4CCc5c([nH]c6cc(OC)ccc56)[C@@H]4C[C@@H]3[C@H](C(=O)OC)[C@@H]2OC)cc1OC. The number of esters is 2. The summed E-state index contributed by atoms with van der Waals surface area (Å²) < 4.78 is 43.8. The molecule has 3 aliphatic rings. The molecule has 0 radical (unpaired) electrons. The number of H-pyrrole nitrogens is 1. The molecule has 2 aliphatic heterocycles. The first-order chi connectivity index (χ1) is 23.2. The van der Waals surface area contributed by atoms with E-state index in [0.717, 1.165) is 37.2 Å². The Morgan fingerprint density at radius 3 is 2.35 bits per heavy atom. The minimum atomic E-state index is -0.942. The van der Waals surface area contributed by atoms with Crippen LogP contribution >= 0.6 is 0 Å². The first-order valence-corrected chi connectivity index (χ1v) is 16.1. The second-order valence-corrected chi connectivity index (χ2v) is 12.3. The van der Waals surface area contributed by atoms with Gasteiger partial charge in [-0.25, -0.2) is 9.59 Å². The lowest BCUT2D eigenvalue weighted by Crippen LogP contribution is -2.58. The molecule has 3 aromatic rings. The number of methoxy groups -OCH3 is 5. The van der Waals surface area contributed by atoms with Gasteiger partial charge in [0.05, 0.1) is 52.6 Å². The summed E-state index contributed by atoms with van der Waals surface area (Å²) in [5.41, 5.74) is 3.62. The van der Waals surface area contributed by atoms with Crippen LogP contribution in [0.15, 0.2) is 30.3 Å². The highest BCUT2D eigenvalue weighted by Crippen LogP contribution is 2.51. The molecule has 6 rings (SSSR count). The van der Waals surface area contributed by atoms with Crippen LogP contribution in [-0.2, 0) is 30.2 Å². The molecule has 0 amide bonds. The lowest BCUT2D eigenvalue weighted by Gasteiger charge is -2.52. The Bertz CT molecular complexity index is 1660. The third-order valence-electron chi connectivity index (χ3n) is 10.0. The molecule has 1 aromatic heterocycles. The zero-order valence-electron chi connectivity index (χ0n) is 28.0. The van der Waals surface area contributed by atoms with Crippen molar-refractivity contribution in [3.8, 4) is 23.0 Å². The molecule has 3 heterocycles. The summed E-state index contributed by atoms with van der Waals surface area (Å²) in [6, 6.07) is 9.00. The maximum Gasteiger partial charge on any atom is 0.514 e. The molecule has 0 spiro atoms. The topological polar surface area (TPSA) is 144 Å². The van der Waals surface area contributed by atoms with Crippen molar-refractivity contribution >= 4 is 29.0 Å². The van der Waals surface area contributed by atoms with Crippen molar-refractivity contribution in [1.82, 2.24) is 9.88 Å². The summed E-state index contributed by atoms with van der Waals surface area (Å²) in [4.78, 5) is 45.3. The number of hydrogen-bond acceptors (Lipinski definition) is 12. The van der Waals surface area contributed by atoms with E-state index in [9.17, 15) is 14.4 Å². The van der Waals surface area contributed by atoms with Crippen LogP contribution in [0.2, 0.25) is 0 Å². The summed E-state index contributed by atoms with van der Waals surface area (Å²) in [5.74, 6) is -0.833. The number of piperidine rings is 1. The highest BCUT2D eigenvalue weighted by atomic mass is 16.7. The molecule has 258 valence electrons. The van der Waals surface area contributed by atoms with Crippen LogP contribution in [0.3, 0.4) is 0 Å². The standard InChI is InChI=1S/C35H42N2O11/c1-7-46-35(40)48-31-26(42-3)12-18(13-27(31)43-4)33(38)47-28-14-19-17-37-11-10-22-21-9-8-20(41-2)15-24(21)36-30(22)25(37)16-23(19)29(32(28)44-5)34(39)45-6/h8-9,12-13,15,19,23,25,28-29,32,36H,7,10-11,14,16-17H2,1-6H3/t19-,23+,25+,28-,29+,32-/m1/s1. The van der Waals surface area contributed by atoms with Crippen molar-refractivity contribution in [2.24, 2.45) is 17.8 Å². The Labute approximate surface area is 278 Å². The fourth-order valence-corrected chi connectivity index (χ4v) is 7.89. The highest BCUT2D eigenvalue weighted by Gasteiger charge is 2.54. The molecule has 6 atom stereocenters. The third kappa shape index (κ3) is 6.00. The maximum atomic E-state index is 13.7. The van der Waals surface area contributed by atoms with Gasteiger partial charge in [0.25, 0.3) is 0 Å². The van der Waals surface area contributed by atoms with Gasteiger partial charge in [0, 0.05) is 42.9 Å². The van der Waals surface area contributed by atoms with Gasteiger partial charge in [-0.2, -0.15) is 0 Å². The van der Waals surface area contributed by atoms with E-state index in [-0.39, 0.29) is 47.3 Å². The normalized spacial score (nSPS) is 24.8. The largest absolute Gasteiger partial charge is 0.514 e. The predicted molar refractivity (Wildman–Crippen MR) is 172 cm³/mol. The zero-order chi connectivity index (χ0) is 34.1. The third-order valence-corrected chi connectivity index (χ3v) is 10.0. The summed E-state index contributed by atoms with van der Waals surface area (Å²) in [7, 11) is 7.30. The Morgan fingerprint density at radius 2 is 1.71 bits per heavy atom. The van der Waals surface area contributed by atoms with Gasteiger partial charge in [-0.1, -0.05) is 0 Å². The minimum Gasteiger partial charge on any atom is -0.497 e. The van der Waals surface area contributed by atoms with Crippen LogP contribution in [-0.4, -0.2) is 95.4 Å². The molecule has 0 unspecified atom stereocenters. The molecule has 2 fully saturated rings. The minimum absolute atomic E-state index is 0.0356. The monoisotopic (exact) mass is 666 g/mol. The van der Waals surface area contributed by atoms with E-state index in [1.54, 1.807) is 14.0 Å². The number of ether oxygens (including phenoxy) is 8. The number of carbonyl (C=O) groups excluding carboxylic acids is 3. The Balaban J connectivity index is 1.27. The van der Waals surface area contributed by atoms with Crippen molar-refractivity contribution in [2.45, 2.75) is 44.4 Å². The van der Waals surface area contributed by atoms with E-state index in [2.05, 4.69) is 16.0 Å². The lowest BCUT2D eigenvalue weighted by molar-refractivity contribution is -0.176. The van der Waals surface area contributed by atoms with E-state index in [4.69, 9.17) is 37.9 Å². The van der Waals surface area contributed by atoms with E-state index >= 15 is 0 Å². The average Bonchev–Trinajstić information content (AvgIpc) is 3.48. The number of carbonyl (C=O) groups is 3. The van der Waals surface area contributed by atoms with Crippen LogP contribution < -0.4 is 18.9 Å². The Hall–Kier alpha value is -4.49. The number of fused-ring (bicyclic) bond motifs is 6. The summed E-state index contributed by atoms with van der Waals surface area (Å²) in [6.07, 6.45) is -0.298. The quantitative estimate of drug-likeness (QED) is 0.192. The van der Waals surface area contributed by atoms with Crippen molar-refractivity contribution in [3.05, 3.63) is 47.2 Å². The van der Waals surface area contributed by atoms with E-state index in [1.165, 1.54) is 57.2 Å². The van der Waals surface area contributed by atoms with Crippen LogP contribution in [0.4, 0.5) is 4.79 Å². The number of hydrogen-bond donors (Lipinski definition) is 1. The molecule has 13 nitrogen and oxygen atoms in total. The van der Waals surface area contributed by atoms with Gasteiger partial charge in [-0.15, -0.1) is 0 Å². The molecule has 1 saturated heterocycles. The number of benzene rings is 2. The van der Waals surface area contributed by atoms with Crippen LogP contribution in [0.5, 0.6) is 23.0 Å². The van der Waals surface area contributed by atoms with Crippen LogP contribution in [0.25, 0.3) is 10.9 Å². The van der Waals surface area contributed by atoms with E-state index < -0.39 is 36.2 Å². The summed E-state index contributed by atoms with van der Waals surface area (Å²) in [5, 5.41) is 1.19. The molecule has 1 aliphatic carbocycles. The molecule has 48 heavy (non-hydrogen) atoms. The van der Waals surface area contributed by atoms with Crippen molar-refractivity contribution in [1.29, 1.82) is 0 Å². The number of nitrogens with one attached hydrogen (secondary N) is 1. The second kappa shape index (κ2) is 13.9. The van der Waals surface area contributed by atoms with Gasteiger partial charge >= 0.3 is 18.1 Å².